The van der Waals surface area contributed by atoms with Gasteiger partial charge in [-0.2, -0.15) is 0 Å². The summed E-state index contributed by atoms with van der Waals surface area (Å²) in [5, 5.41) is 6.62. The molecule has 146 valence electrons. The fourth-order valence-electron chi connectivity index (χ4n) is 4.70. The number of carbonyl (C=O) groups excluding carboxylic acids is 2. The molecule has 6 nitrogen and oxygen atoms in total. The number of hydrogen-bond donors (Lipinski definition) is 2. The Kier molecular flexibility index (Phi) is 5.45. The fourth-order valence-corrected chi connectivity index (χ4v) is 4.70. The highest BCUT2D eigenvalue weighted by molar-refractivity contribution is 5.96. The molecule has 1 aromatic rings. The van der Waals surface area contributed by atoms with Crippen LogP contribution in [0.3, 0.4) is 0 Å². The first-order valence-electron chi connectivity index (χ1n) is 10.2. The molecule has 27 heavy (non-hydrogen) atoms. The summed E-state index contributed by atoms with van der Waals surface area (Å²) in [5.74, 6) is 0.646. The van der Waals surface area contributed by atoms with E-state index in [1.165, 1.54) is 12.8 Å². The summed E-state index contributed by atoms with van der Waals surface area (Å²) in [6.07, 6.45) is 5.33. The summed E-state index contributed by atoms with van der Waals surface area (Å²) >= 11 is 0. The van der Waals surface area contributed by atoms with Gasteiger partial charge in [-0.25, -0.2) is 0 Å². The van der Waals surface area contributed by atoms with Gasteiger partial charge in [0.2, 0.25) is 5.91 Å². The molecular weight excluding hydrogens is 340 g/mol. The van der Waals surface area contributed by atoms with Gasteiger partial charge >= 0.3 is 0 Å². The van der Waals surface area contributed by atoms with Crippen molar-refractivity contribution in [2.45, 2.75) is 44.2 Å². The van der Waals surface area contributed by atoms with Gasteiger partial charge in [-0.15, -0.1) is 0 Å². The van der Waals surface area contributed by atoms with E-state index in [0.717, 1.165) is 44.7 Å². The molecule has 1 aromatic carbocycles. The molecule has 4 rings (SSSR count). The summed E-state index contributed by atoms with van der Waals surface area (Å²) in [7, 11) is 2.08. The molecule has 3 fully saturated rings. The molecule has 3 saturated heterocycles. The highest BCUT2D eigenvalue weighted by atomic mass is 16.2. The number of fused-ring (bicyclic) bond motifs is 2. The van der Waals surface area contributed by atoms with Crippen LogP contribution >= 0.6 is 0 Å². The molecule has 0 aromatic heterocycles. The van der Waals surface area contributed by atoms with E-state index in [1.54, 1.807) is 0 Å². The molecule has 0 radical (unpaired) electrons. The maximum Gasteiger partial charge on any atom is 0.253 e. The van der Waals surface area contributed by atoms with E-state index < -0.39 is 0 Å². The Morgan fingerprint density at radius 3 is 2.30 bits per heavy atom. The number of piperazine rings is 1. The Hall–Kier alpha value is -1.92. The predicted octanol–water partition coefficient (Wildman–Crippen LogP) is 1.93. The van der Waals surface area contributed by atoms with Crippen molar-refractivity contribution in [3.05, 3.63) is 29.8 Å². The summed E-state index contributed by atoms with van der Waals surface area (Å²) in [5.41, 5.74) is 1.46. The summed E-state index contributed by atoms with van der Waals surface area (Å²) in [4.78, 5) is 29.1. The SMILES string of the molecule is CN1CCN(C(=O)c2ccc(NC(=O)CC3CC4CCC(C3)N4)cc2)CC1. The molecule has 0 spiro atoms. The van der Waals surface area contributed by atoms with Crippen LogP contribution in [0.2, 0.25) is 0 Å². The minimum atomic E-state index is 0.0751. The lowest BCUT2D eigenvalue weighted by molar-refractivity contribution is -0.117. The van der Waals surface area contributed by atoms with Gasteiger partial charge in [0.05, 0.1) is 0 Å². The summed E-state index contributed by atoms with van der Waals surface area (Å²) in [6.45, 7) is 3.37. The van der Waals surface area contributed by atoms with E-state index in [-0.39, 0.29) is 11.8 Å². The number of amides is 2. The quantitative estimate of drug-likeness (QED) is 0.850. The minimum Gasteiger partial charge on any atom is -0.336 e. The molecule has 3 heterocycles. The van der Waals surface area contributed by atoms with Gasteiger partial charge in [0.15, 0.2) is 0 Å². The van der Waals surface area contributed by atoms with Crippen molar-refractivity contribution >= 4 is 17.5 Å². The number of nitrogens with one attached hydrogen (secondary N) is 2. The second kappa shape index (κ2) is 7.98. The van der Waals surface area contributed by atoms with Crippen LogP contribution < -0.4 is 10.6 Å². The van der Waals surface area contributed by atoms with Crippen LogP contribution in [0.15, 0.2) is 24.3 Å². The Balaban J connectivity index is 1.28. The summed E-state index contributed by atoms with van der Waals surface area (Å²) < 4.78 is 0. The average molecular weight is 370 g/mol. The number of benzene rings is 1. The first-order chi connectivity index (χ1) is 13.1. The molecule has 0 aliphatic carbocycles. The average Bonchev–Trinajstić information content (AvgIpc) is 3.00. The van der Waals surface area contributed by atoms with Crippen LogP contribution in [-0.2, 0) is 4.79 Å². The number of likely N-dealkylation sites (N-methyl/N-ethyl adjacent to an activating group) is 1. The fraction of sp³-hybridized carbons (Fsp3) is 0.619. The molecule has 2 atom stereocenters. The third-order valence-corrected chi connectivity index (χ3v) is 6.25. The van der Waals surface area contributed by atoms with Gasteiger partial charge in [-0.3, -0.25) is 9.59 Å². The minimum absolute atomic E-state index is 0.0751. The van der Waals surface area contributed by atoms with E-state index in [0.29, 0.717) is 30.0 Å². The molecule has 2 N–H and O–H groups in total. The second-order valence-corrected chi connectivity index (χ2v) is 8.40. The van der Waals surface area contributed by atoms with Crippen LogP contribution in [0.4, 0.5) is 5.69 Å². The zero-order chi connectivity index (χ0) is 18.8. The monoisotopic (exact) mass is 370 g/mol. The number of anilines is 1. The van der Waals surface area contributed by atoms with Crippen molar-refractivity contribution in [3.63, 3.8) is 0 Å². The van der Waals surface area contributed by atoms with Gasteiger partial charge in [0, 0.05) is 55.9 Å². The predicted molar refractivity (Wildman–Crippen MR) is 106 cm³/mol. The van der Waals surface area contributed by atoms with Gasteiger partial charge < -0.3 is 20.4 Å². The first-order valence-corrected chi connectivity index (χ1v) is 10.2. The van der Waals surface area contributed by atoms with Crippen LogP contribution in [0.25, 0.3) is 0 Å². The molecule has 2 bridgehead atoms. The molecule has 2 amide bonds. The van der Waals surface area contributed by atoms with Crippen LogP contribution in [0, 0.1) is 5.92 Å². The van der Waals surface area contributed by atoms with Crippen molar-refractivity contribution in [1.82, 2.24) is 15.1 Å². The van der Waals surface area contributed by atoms with E-state index in [4.69, 9.17) is 0 Å². The second-order valence-electron chi connectivity index (χ2n) is 8.40. The third-order valence-electron chi connectivity index (χ3n) is 6.25. The van der Waals surface area contributed by atoms with E-state index in [1.807, 2.05) is 29.2 Å². The number of carbonyl (C=O) groups is 2. The molecule has 0 saturated carbocycles. The largest absolute Gasteiger partial charge is 0.336 e. The molecule has 2 unspecified atom stereocenters. The van der Waals surface area contributed by atoms with Gasteiger partial charge in [0.25, 0.3) is 5.91 Å². The number of hydrogen-bond acceptors (Lipinski definition) is 4. The Morgan fingerprint density at radius 2 is 1.67 bits per heavy atom. The first kappa shape index (κ1) is 18.4. The highest BCUT2D eigenvalue weighted by Gasteiger charge is 2.34. The van der Waals surface area contributed by atoms with E-state index in [9.17, 15) is 9.59 Å². The lowest BCUT2D eigenvalue weighted by Gasteiger charge is -2.32. The number of piperidine rings is 1. The molecule has 3 aliphatic heterocycles. The van der Waals surface area contributed by atoms with Crippen LogP contribution in [0.1, 0.15) is 42.5 Å². The van der Waals surface area contributed by atoms with Gasteiger partial charge in [-0.05, 0) is 62.9 Å². The van der Waals surface area contributed by atoms with Crippen LogP contribution in [0.5, 0.6) is 0 Å². The lowest BCUT2D eigenvalue weighted by atomic mass is 9.89. The standard InChI is InChI=1S/C21H30N4O2/c1-24-8-10-25(11-9-24)21(27)16-2-4-17(5-3-16)23-20(26)14-15-12-18-6-7-19(13-15)22-18/h2-5,15,18-19,22H,6-14H2,1H3,(H,23,26). The highest BCUT2D eigenvalue weighted by Crippen LogP contribution is 2.32. The Bertz CT molecular complexity index is 670. The normalized spacial score (nSPS) is 28.2. The van der Waals surface area contributed by atoms with Crippen molar-refractivity contribution in [3.8, 4) is 0 Å². The third kappa shape index (κ3) is 4.50. The van der Waals surface area contributed by atoms with Gasteiger partial charge in [-0.1, -0.05) is 0 Å². The topological polar surface area (TPSA) is 64.7 Å². The van der Waals surface area contributed by atoms with Crippen molar-refractivity contribution in [1.29, 1.82) is 0 Å². The maximum absolute atomic E-state index is 12.6. The maximum atomic E-state index is 12.6. The molecule has 3 aliphatic rings. The van der Waals surface area contributed by atoms with Crippen LogP contribution in [-0.4, -0.2) is 66.9 Å². The van der Waals surface area contributed by atoms with Crippen molar-refractivity contribution in [2.75, 3.05) is 38.5 Å². The van der Waals surface area contributed by atoms with E-state index >= 15 is 0 Å². The van der Waals surface area contributed by atoms with Crippen molar-refractivity contribution in [2.24, 2.45) is 5.92 Å². The lowest BCUT2D eigenvalue weighted by Crippen LogP contribution is -2.47. The zero-order valence-corrected chi connectivity index (χ0v) is 16.1. The van der Waals surface area contributed by atoms with Crippen molar-refractivity contribution < 1.29 is 9.59 Å². The van der Waals surface area contributed by atoms with E-state index in [2.05, 4.69) is 22.6 Å². The summed E-state index contributed by atoms with van der Waals surface area (Å²) in [6, 6.07) is 8.55. The molecular formula is C21H30N4O2. The zero-order valence-electron chi connectivity index (χ0n) is 16.1. The van der Waals surface area contributed by atoms with Gasteiger partial charge in [0.1, 0.15) is 0 Å². The molecule has 6 heteroatoms. The smallest absolute Gasteiger partial charge is 0.253 e. The Morgan fingerprint density at radius 1 is 1.04 bits per heavy atom. The number of nitrogens with zero attached hydrogens (tertiary/aromatic N) is 2. The number of rotatable bonds is 4. The Labute approximate surface area is 161 Å².